The molecule has 0 spiro atoms. The van der Waals surface area contributed by atoms with Gasteiger partial charge in [-0.05, 0) is 75.6 Å². The number of carbonyl (C=O) groups is 4. The normalized spacial score (nSPS) is 13.4. The van der Waals surface area contributed by atoms with E-state index in [9.17, 15) is 24.0 Å². The van der Waals surface area contributed by atoms with E-state index >= 15 is 9.13 Å². The van der Waals surface area contributed by atoms with Gasteiger partial charge in [0.05, 0.1) is 45.4 Å². The number of rotatable bonds is 32. The van der Waals surface area contributed by atoms with Crippen molar-refractivity contribution in [2.75, 3.05) is 52.0 Å². The highest BCUT2D eigenvalue weighted by Gasteiger charge is 2.39. The number of hydrogen-bond acceptors (Lipinski definition) is 14. The standard InChI is InChI=1S/C54H69N9O11P2/c1-5-71-51(65)44(33-40-21-13-9-14-22-40)58-75(69,59-45(52(66)72-6-2)34-41-23-15-10-16-24-41)32-31-62(29-30-63-38-57-48-49(63)55-37-56-50(48)64)39-76(70,60-46(53(67)73-7-3)35-42-25-17-11-18-26-42)61-47(54(68)74-8-4)36-43-27-19-12-20-28-43/h9-28,37-38,44-47H,5-8,29-36,39H2,1-4H3,(H,55,56,64)(H2,58,59,69)(H2,60,61,70)/t44-,45-,46-,47-/m0/s1. The van der Waals surface area contributed by atoms with Crippen LogP contribution < -0.4 is 25.9 Å². The molecule has 5 N–H and O–H groups in total. The Morgan fingerprint density at radius 2 is 0.895 bits per heavy atom. The van der Waals surface area contributed by atoms with Gasteiger partial charge in [0.1, 0.15) is 24.2 Å². The number of esters is 4. The van der Waals surface area contributed by atoms with Crippen molar-refractivity contribution in [3.8, 4) is 0 Å². The first kappa shape index (κ1) is 58.6. The summed E-state index contributed by atoms with van der Waals surface area (Å²) < 4.78 is 56.2. The Kier molecular flexibility index (Phi) is 22.8. The maximum absolute atomic E-state index is 16.3. The SMILES string of the molecule is CCOC(=O)[C@H](Cc1ccccc1)NP(=O)(CCN(CCn1cnc2c(=O)[nH]cnc21)CP(=O)(N[C@@H](Cc1ccccc1)C(=O)OCC)N[C@@H](Cc1ccccc1)C(=O)OCC)N[C@@H](Cc1ccccc1)C(=O)OCC. The zero-order valence-corrected chi connectivity index (χ0v) is 45.2. The second kappa shape index (κ2) is 29.6. The predicted octanol–water partition coefficient (Wildman–Crippen LogP) is 5.82. The lowest BCUT2D eigenvalue weighted by Gasteiger charge is -2.35. The fourth-order valence-corrected chi connectivity index (χ4v) is 13.3. The van der Waals surface area contributed by atoms with Gasteiger partial charge in [-0.2, -0.15) is 0 Å². The molecule has 0 saturated heterocycles. The number of nitrogens with zero attached hydrogens (tertiary/aromatic N) is 4. The predicted molar refractivity (Wildman–Crippen MR) is 289 cm³/mol. The highest BCUT2D eigenvalue weighted by Crippen LogP contribution is 2.42. The van der Waals surface area contributed by atoms with Crippen LogP contribution in [0, 0.1) is 0 Å². The summed E-state index contributed by atoms with van der Waals surface area (Å²) >= 11 is 0. The fourth-order valence-electron chi connectivity index (χ4n) is 8.51. The van der Waals surface area contributed by atoms with E-state index < -0.39 is 74.8 Å². The van der Waals surface area contributed by atoms with E-state index in [4.69, 9.17) is 18.9 Å². The van der Waals surface area contributed by atoms with Crippen molar-refractivity contribution in [2.24, 2.45) is 0 Å². The molecule has 0 saturated carbocycles. The van der Waals surface area contributed by atoms with Crippen LogP contribution in [0.4, 0.5) is 0 Å². The molecule has 76 heavy (non-hydrogen) atoms. The summed E-state index contributed by atoms with van der Waals surface area (Å²) in [7, 11) is -8.51. The Hall–Kier alpha value is -6.63. The molecular weight excluding hydrogens is 1010 g/mol. The second-order valence-electron chi connectivity index (χ2n) is 17.8. The van der Waals surface area contributed by atoms with Gasteiger partial charge >= 0.3 is 23.9 Å². The van der Waals surface area contributed by atoms with E-state index in [0.29, 0.717) is 0 Å². The molecule has 20 nitrogen and oxygen atoms in total. The van der Waals surface area contributed by atoms with Crippen molar-refractivity contribution in [3.63, 3.8) is 0 Å². The summed E-state index contributed by atoms with van der Waals surface area (Å²) in [6.45, 7) is 6.72. The first-order valence-corrected chi connectivity index (χ1v) is 29.2. The average molecular weight is 1080 g/mol. The Morgan fingerprint density at radius 1 is 0.539 bits per heavy atom. The first-order chi connectivity index (χ1) is 36.7. The number of aromatic amines is 1. The third-order valence-electron chi connectivity index (χ3n) is 12.1. The Morgan fingerprint density at radius 3 is 1.25 bits per heavy atom. The zero-order valence-electron chi connectivity index (χ0n) is 43.4. The van der Waals surface area contributed by atoms with Crippen molar-refractivity contribution in [3.05, 3.63) is 167 Å². The van der Waals surface area contributed by atoms with Crippen molar-refractivity contribution in [2.45, 2.75) is 84.1 Å². The van der Waals surface area contributed by atoms with Crippen molar-refractivity contribution in [1.82, 2.24) is 44.8 Å². The van der Waals surface area contributed by atoms with Gasteiger partial charge in [0.25, 0.3) is 5.56 Å². The maximum atomic E-state index is 16.3. The summed E-state index contributed by atoms with van der Waals surface area (Å²) in [4.78, 5) is 81.4. The molecule has 0 amide bonds. The van der Waals surface area contributed by atoms with Gasteiger partial charge in [-0.15, -0.1) is 0 Å². The average Bonchev–Trinajstić information content (AvgIpc) is 3.84. The number of aromatic nitrogens is 4. The van der Waals surface area contributed by atoms with Gasteiger partial charge < -0.3 is 28.5 Å². The zero-order chi connectivity index (χ0) is 54.3. The van der Waals surface area contributed by atoms with E-state index in [-0.39, 0.29) is 89.1 Å². The molecule has 406 valence electrons. The summed E-state index contributed by atoms with van der Waals surface area (Å²) in [5.41, 5.74) is 2.84. The molecule has 0 aliphatic rings. The van der Waals surface area contributed by atoms with Crippen molar-refractivity contribution in [1.29, 1.82) is 0 Å². The molecule has 0 fully saturated rings. The highest BCUT2D eigenvalue weighted by atomic mass is 31.2. The number of ether oxygens (including phenoxy) is 4. The van der Waals surface area contributed by atoms with Crippen LogP contribution in [0.5, 0.6) is 0 Å². The summed E-state index contributed by atoms with van der Waals surface area (Å²) in [6, 6.07) is 31.7. The lowest BCUT2D eigenvalue weighted by atomic mass is 10.1. The van der Waals surface area contributed by atoms with Crippen LogP contribution >= 0.6 is 14.9 Å². The van der Waals surface area contributed by atoms with E-state index in [1.807, 2.05) is 121 Å². The topological polar surface area (TPSA) is 254 Å². The summed E-state index contributed by atoms with van der Waals surface area (Å²) in [6.07, 6.45) is 2.20. The molecule has 0 radical (unpaired) electrons. The molecule has 4 aromatic carbocycles. The maximum Gasteiger partial charge on any atom is 0.323 e. The number of carbonyl (C=O) groups excluding carboxylic acids is 4. The molecular formula is C54H69N9O11P2. The Bertz CT molecular complexity index is 2800. The third-order valence-corrected chi connectivity index (χ3v) is 16.6. The van der Waals surface area contributed by atoms with Crippen LogP contribution in [-0.4, -0.2) is 124 Å². The third kappa shape index (κ3) is 18.0. The highest BCUT2D eigenvalue weighted by molar-refractivity contribution is 7.60. The monoisotopic (exact) mass is 1080 g/mol. The van der Waals surface area contributed by atoms with Gasteiger partial charge in [0, 0.05) is 25.8 Å². The van der Waals surface area contributed by atoms with Gasteiger partial charge in [-0.25, -0.2) is 30.3 Å². The number of fused-ring (bicyclic) bond motifs is 1. The molecule has 2 heterocycles. The summed E-state index contributed by atoms with van der Waals surface area (Å²) in [5, 5.41) is 12.5. The fraction of sp³-hybridized carbons (Fsp3) is 0.389. The van der Waals surface area contributed by atoms with Crippen LogP contribution in [0.2, 0.25) is 0 Å². The van der Waals surface area contributed by atoms with Crippen LogP contribution in [0.15, 0.2) is 139 Å². The molecule has 6 aromatic rings. The van der Waals surface area contributed by atoms with E-state index in [1.54, 1.807) is 37.2 Å². The molecule has 6 rings (SSSR count). The minimum atomic E-state index is -4.31. The Labute approximate surface area is 443 Å². The molecule has 2 aromatic heterocycles. The van der Waals surface area contributed by atoms with Gasteiger partial charge in [-0.1, -0.05) is 121 Å². The smallest absolute Gasteiger partial charge is 0.323 e. The second-order valence-corrected chi connectivity index (χ2v) is 22.5. The minimum absolute atomic E-state index is 0.0221. The van der Waals surface area contributed by atoms with Crippen LogP contribution in [0.1, 0.15) is 49.9 Å². The van der Waals surface area contributed by atoms with Crippen molar-refractivity contribution >= 4 is 49.9 Å². The first-order valence-electron chi connectivity index (χ1n) is 25.5. The molecule has 0 aliphatic carbocycles. The van der Waals surface area contributed by atoms with E-state index in [0.717, 1.165) is 22.3 Å². The van der Waals surface area contributed by atoms with Crippen molar-refractivity contribution < 1.29 is 47.3 Å². The molecule has 0 unspecified atom stereocenters. The minimum Gasteiger partial charge on any atom is -0.465 e. The molecule has 22 heteroatoms. The van der Waals surface area contributed by atoms with Gasteiger partial charge in [0.15, 0.2) is 11.2 Å². The number of benzene rings is 4. The molecule has 4 atom stereocenters. The number of H-pyrrole nitrogens is 1. The van der Waals surface area contributed by atoms with E-state index in [2.05, 4.69) is 35.3 Å². The lowest BCUT2D eigenvalue weighted by Crippen LogP contribution is -2.49. The summed E-state index contributed by atoms with van der Waals surface area (Å²) in [5.74, 6) is -2.75. The van der Waals surface area contributed by atoms with Gasteiger partial charge in [-0.3, -0.25) is 38.0 Å². The van der Waals surface area contributed by atoms with Crippen LogP contribution in [-0.2, 0) is 79.5 Å². The Balaban J connectivity index is 1.46. The number of nitrogens with one attached hydrogen (secondary N) is 5. The van der Waals surface area contributed by atoms with Crippen LogP contribution in [0.3, 0.4) is 0 Å². The van der Waals surface area contributed by atoms with Crippen LogP contribution in [0.25, 0.3) is 11.2 Å². The largest absolute Gasteiger partial charge is 0.465 e. The lowest BCUT2D eigenvalue weighted by molar-refractivity contribution is -0.146. The number of imidazole rings is 1. The molecule has 0 bridgehead atoms. The van der Waals surface area contributed by atoms with E-state index in [1.165, 1.54) is 12.7 Å². The number of hydrogen-bond donors (Lipinski definition) is 5. The molecule has 0 aliphatic heterocycles. The van der Waals surface area contributed by atoms with Gasteiger partial charge in [0.2, 0.25) is 14.9 Å². The quantitative estimate of drug-likeness (QED) is 0.0189.